The summed E-state index contributed by atoms with van der Waals surface area (Å²) in [6, 6.07) is 0. The molecule has 0 spiro atoms. The number of amides is 1. The fourth-order valence-corrected chi connectivity index (χ4v) is 3.12. The number of carbonyl (C=O) groups is 1. The van der Waals surface area contributed by atoms with Crippen LogP contribution in [0.15, 0.2) is 0 Å². The Morgan fingerprint density at radius 1 is 1.25 bits per heavy atom. The van der Waals surface area contributed by atoms with Crippen molar-refractivity contribution in [3.8, 4) is 0 Å². The lowest BCUT2D eigenvalue weighted by atomic mass is 9.88. The lowest BCUT2D eigenvalue weighted by molar-refractivity contribution is -0.129. The fraction of sp³-hybridized carbons (Fsp3) is 0.933. The molecule has 2 rings (SSSR count). The standard InChI is InChI=1S/C15H28N2O2.ClH/c1-12-5-2-3-7-14(12)19-11-15(18)17-10-13-6-4-8-16-9-13;/h12-14,16H,2-11H2,1H3,(H,17,18);1H. The summed E-state index contributed by atoms with van der Waals surface area (Å²) >= 11 is 0. The first-order valence-electron chi connectivity index (χ1n) is 7.84. The summed E-state index contributed by atoms with van der Waals surface area (Å²) in [7, 11) is 0. The molecular formula is C15H29ClN2O2. The van der Waals surface area contributed by atoms with Gasteiger partial charge in [0.05, 0.1) is 6.10 Å². The van der Waals surface area contributed by atoms with Crippen molar-refractivity contribution in [1.82, 2.24) is 10.6 Å². The monoisotopic (exact) mass is 304 g/mol. The zero-order valence-electron chi connectivity index (χ0n) is 12.5. The van der Waals surface area contributed by atoms with Crippen LogP contribution in [0, 0.1) is 11.8 Å². The molecule has 1 amide bonds. The molecule has 0 aromatic heterocycles. The molecule has 0 bridgehead atoms. The molecule has 20 heavy (non-hydrogen) atoms. The van der Waals surface area contributed by atoms with Gasteiger partial charge in [-0.3, -0.25) is 4.79 Å². The molecule has 1 aliphatic carbocycles. The number of nitrogens with one attached hydrogen (secondary N) is 2. The molecule has 4 nitrogen and oxygen atoms in total. The molecule has 3 atom stereocenters. The minimum Gasteiger partial charge on any atom is -0.368 e. The highest BCUT2D eigenvalue weighted by atomic mass is 35.5. The molecule has 0 aromatic rings. The van der Waals surface area contributed by atoms with Gasteiger partial charge >= 0.3 is 0 Å². The number of halogens is 1. The van der Waals surface area contributed by atoms with Crippen molar-refractivity contribution in [3.05, 3.63) is 0 Å². The highest BCUT2D eigenvalue weighted by molar-refractivity contribution is 5.85. The second-order valence-electron chi connectivity index (χ2n) is 6.13. The van der Waals surface area contributed by atoms with Crippen LogP contribution in [0.25, 0.3) is 0 Å². The summed E-state index contributed by atoms with van der Waals surface area (Å²) in [5.74, 6) is 1.23. The third-order valence-electron chi connectivity index (χ3n) is 4.45. The Kier molecular flexibility index (Phi) is 8.50. The molecule has 0 aromatic carbocycles. The smallest absolute Gasteiger partial charge is 0.246 e. The van der Waals surface area contributed by atoms with Gasteiger partial charge in [-0.15, -0.1) is 12.4 Å². The Hall–Kier alpha value is -0.320. The zero-order chi connectivity index (χ0) is 13.5. The Bertz CT molecular complexity index is 283. The maximum atomic E-state index is 11.8. The maximum absolute atomic E-state index is 11.8. The van der Waals surface area contributed by atoms with E-state index in [9.17, 15) is 4.79 Å². The Labute approximate surface area is 128 Å². The predicted octanol–water partition coefficient (Wildman–Crippen LogP) is 2.12. The topological polar surface area (TPSA) is 50.4 Å². The van der Waals surface area contributed by atoms with Gasteiger partial charge in [0.2, 0.25) is 5.91 Å². The van der Waals surface area contributed by atoms with Crippen molar-refractivity contribution in [2.75, 3.05) is 26.2 Å². The lowest BCUT2D eigenvalue weighted by Gasteiger charge is -2.28. The zero-order valence-corrected chi connectivity index (χ0v) is 13.3. The van der Waals surface area contributed by atoms with Crippen LogP contribution < -0.4 is 10.6 Å². The third-order valence-corrected chi connectivity index (χ3v) is 4.45. The second kappa shape index (κ2) is 9.59. The van der Waals surface area contributed by atoms with Gasteiger partial charge < -0.3 is 15.4 Å². The first-order chi connectivity index (χ1) is 9.25. The molecular weight excluding hydrogens is 276 g/mol. The van der Waals surface area contributed by atoms with E-state index in [1.54, 1.807) is 0 Å². The number of ether oxygens (including phenoxy) is 1. The van der Waals surface area contributed by atoms with Crippen LogP contribution in [-0.4, -0.2) is 38.3 Å². The average molecular weight is 305 g/mol. The van der Waals surface area contributed by atoms with Crippen LogP contribution in [0.2, 0.25) is 0 Å². The summed E-state index contributed by atoms with van der Waals surface area (Å²) in [6.45, 7) is 5.40. The van der Waals surface area contributed by atoms with Crippen LogP contribution in [0.1, 0.15) is 45.4 Å². The molecule has 2 fully saturated rings. The van der Waals surface area contributed by atoms with Crippen molar-refractivity contribution in [3.63, 3.8) is 0 Å². The minimum atomic E-state index is 0. The molecule has 5 heteroatoms. The number of piperidine rings is 1. The van der Waals surface area contributed by atoms with Crippen LogP contribution in [0.4, 0.5) is 0 Å². The molecule has 1 saturated carbocycles. The number of hydrogen-bond donors (Lipinski definition) is 2. The number of hydrogen-bond acceptors (Lipinski definition) is 3. The van der Waals surface area contributed by atoms with Gasteiger partial charge in [0.15, 0.2) is 0 Å². The van der Waals surface area contributed by atoms with Crippen molar-refractivity contribution in [1.29, 1.82) is 0 Å². The van der Waals surface area contributed by atoms with E-state index in [4.69, 9.17) is 4.74 Å². The van der Waals surface area contributed by atoms with E-state index in [1.165, 1.54) is 32.1 Å². The van der Waals surface area contributed by atoms with Crippen LogP contribution in [0.3, 0.4) is 0 Å². The van der Waals surface area contributed by atoms with E-state index in [2.05, 4.69) is 17.6 Å². The maximum Gasteiger partial charge on any atom is 0.246 e. The van der Waals surface area contributed by atoms with Gasteiger partial charge in [-0.2, -0.15) is 0 Å². The first-order valence-corrected chi connectivity index (χ1v) is 7.84. The first kappa shape index (κ1) is 17.7. The Morgan fingerprint density at radius 2 is 2.05 bits per heavy atom. The third kappa shape index (κ3) is 5.98. The van der Waals surface area contributed by atoms with Crippen LogP contribution in [0.5, 0.6) is 0 Å². The average Bonchev–Trinajstić information content (AvgIpc) is 2.45. The molecule has 1 heterocycles. The summed E-state index contributed by atoms with van der Waals surface area (Å²) in [6.07, 6.45) is 7.62. The molecule has 1 saturated heterocycles. The Morgan fingerprint density at radius 3 is 2.75 bits per heavy atom. The predicted molar refractivity (Wildman–Crippen MR) is 83.2 cm³/mol. The number of rotatable bonds is 5. The van der Waals surface area contributed by atoms with Gasteiger partial charge in [-0.1, -0.05) is 19.8 Å². The van der Waals surface area contributed by atoms with Crippen molar-refractivity contribution >= 4 is 18.3 Å². The molecule has 1 aliphatic heterocycles. The lowest BCUT2D eigenvalue weighted by Crippen LogP contribution is -2.40. The van der Waals surface area contributed by atoms with Crippen LogP contribution in [-0.2, 0) is 9.53 Å². The SMILES string of the molecule is CC1CCCCC1OCC(=O)NCC1CCCNC1.Cl. The van der Waals surface area contributed by atoms with Gasteiger partial charge in [0.25, 0.3) is 0 Å². The summed E-state index contributed by atoms with van der Waals surface area (Å²) in [5.41, 5.74) is 0. The fourth-order valence-electron chi connectivity index (χ4n) is 3.12. The normalized spacial score (nSPS) is 30.4. The van der Waals surface area contributed by atoms with Gasteiger partial charge in [-0.25, -0.2) is 0 Å². The van der Waals surface area contributed by atoms with Gasteiger partial charge in [-0.05, 0) is 50.6 Å². The van der Waals surface area contributed by atoms with E-state index in [1.807, 2.05) is 0 Å². The largest absolute Gasteiger partial charge is 0.368 e. The van der Waals surface area contributed by atoms with E-state index in [-0.39, 0.29) is 31.0 Å². The van der Waals surface area contributed by atoms with Crippen LogP contribution >= 0.6 is 12.4 Å². The molecule has 118 valence electrons. The summed E-state index contributed by atoms with van der Waals surface area (Å²) in [5, 5.41) is 6.37. The van der Waals surface area contributed by atoms with E-state index < -0.39 is 0 Å². The highest BCUT2D eigenvalue weighted by Gasteiger charge is 2.22. The quantitative estimate of drug-likeness (QED) is 0.818. The molecule has 2 N–H and O–H groups in total. The second-order valence-corrected chi connectivity index (χ2v) is 6.13. The molecule has 0 radical (unpaired) electrons. The van der Waals surface area contributed by atoms with E-state index in [0.29, 0.717) is 11.8 Å². The van der Waals surface area contributed by atoms with E-state index >= 15 is 0 Å². The molecule has 2 aliphatic rings. The van der Waals surface area contributed by atoms with Crippen molar-refractivity contribution in [2.24, 2.45) is 11.8 Å². The number of carbonyl (C=O) groups excluding carboxylic acids is 1. The summed E-state index contributed by atoms with van der Waals surface area (Å²) < 4.78 is 5.77. The van der Waals surface area contributed by atoms with Crippen molar-refractivity contribution < 1.29 is 9.53 Å². The van der Waals surface area contributed by atoms with Gasteiger partial charge in [0, 0.05) is 6.54 Å². The Balaban J connectivity index is 0.00000200. The van der Waals surface area contributed by atoms with Crippen molar-refractivity contribution in [2.45, 2.75) is 51.6 Å². The minimum absolute atomic E-state index is 0. The summed E-state index contributed by atoms with van der Waals surface area (Å²) in [4.78, 5) is 11.8. The van der Waals surface area contributed by atoms with Gasteiger partial charge in [0.1, 0.15) is 6.61 Å². The van der Waals surface area contributed by atoms with E-state index in [0.717, 1.165) is 26.1 Å². The highest BCUT2D eigenvalue weighted by Crippen LogP contribution is 2.26. The molecule has 3 unspecified atom stereocenters.